The van der Waals surface area contributed by atoms with Crippen LogP contribution in [0.25, 0.3) is 0 Å². The fraction of sp³-hybridized carbons (Fsp3) is 0.276. The minimum atomic E-state index is -5.08. The number of nitrogens with zero attached hydrogens (tertiary/aromatic N) is 1. The van der Waals surface area contributed by atoms with Crippen molar-refractivity contribution in [3.05, 3.63) is 89.5 Å². The topological polar surface area (TPSA) is 141 Å². The van der Waals surface area contributed by atoms with Crippen LogP contribution in [0.3, 0.4) is 0 Å². The lowest BCUT2D eigenvalue weighted by atomic mass is 9.90. The third kappa shape index (κ3) is 8.80. The number of carbonyl (C=O) groups excluding carboxylic acids is 1. The van der Waals surface area contributed by atoms with E-state index in [-0.39, 0.29) is 21.9 Å². The van der Waals surface area contributed by atoms with E-state index in [0.717, 1.165) is 32.4 Å². The van der Waals surface area contributed by atoms with Crippen LogP contribution in [0, 0.1) is 5.92 Å². The van der Waals surface area contributed by atoms with E-state index in [2.05, 4.69) is 21.8 Å². The Morgan fingerprint density at radius 2 is 1.50 bits per heavy atom. The van der Waals surface area contributed by atoms with Crippen molar-refractivity contribution in [1.29, 1.82) is 0 Å². The Morgan fingerprint density at radius 3 is 2.00 bits per heavy atom. The number of hydrogen-bond donors (Lipinski definition) is 3. The van der Waals surface area contributed by atoms with Crippen molar-refractivity contribution in [1.82, 2.24) is 0 Å². The molecule has 4 rings (SSSR count). The molecule has 3 aromatic rings. The number of anilines is 2. The van der Waals surface area contributed by atoms with Crippen LogP contribution in [-0.2, 0) is 21.2 Å². The molecule has 0 saturated carbocycles. The predicted molar refractivity (Wildman–Crippen MR) is 149 cm³/mol. The zero-order valence-electron chi connectivity index (χ0n) is 22.5. The van der Waals surface area contributed by atoms with Gasteiger partial charge >= 0.3 is 18.1 Å². The van der Waals surface area contributed by atoms with Gasteiger partial charge in [-0.15, -0.1) is 0 Å². The minimum Gasteiger partial charge on any atom is -0.478 e. The molecule has 9 nitrogen and oxygen atoms in total. The summed E-state index contributed by atoms with van der Waals surface area (Å²) in [5.74, 6) is -3.49. The first-order chi connectivity index (χ1) is 19.7. The first-order valence-corrected chi connectivity index (χ1v) is 14.3. The second-order valence-electron chi connectivity index (χ2n) is 9.65. The first kappa shape index (κ1) is 32.1. The van der Waals surface area contributed by atoms with Crippen molar-refractivity contribution in [2.24, 2.45) is 5.92 Å². The van der Waals surface area contributed by atoms with Crippen LogP contribution >= 0.6 is 0 Å². The largest absolute Gasteiger partial charge is 0.490 e. The number of nitrogens with one attached hydrogen (secondary N) is 1. The van der Waals surface area contributed by atoms with Crippen molar-refractivity contribution in [3.8, 4) is 0 Å². The van der Waals surface area contributed by atoms with Crippen LogP contribution < -0.4 is 9.62 Å². The molecule has 0 unspecified atom stereocenters. The number of carboxylic acids is 2. The van der Waals surface area contributed by atoms with E-state index in [1.807, 2.05) is 18.2 Å². The molecule has 0 aliphatic carbocycles. The number of sulfonamides is 1. The van der Waals surface area contributed by atoms with Gasteiger partial charge in [0, 0.05) is 24.3 Å². The Morgan fingerprint density at radius 1 is 0.929 bits per heavy atom. The van der Waals surface area contributed by atoms with Gasteiger partial charge in [0.2, 0.25) is 0 Å². The number of carboxylic acid groups (broad SMARTS) is 2. The molecule has 13 heteroatoms. The van der Waals surface area contributed by atoms with Gasteiger partial charge in [-0.25, -0.2) is 18.0 Å². The number of carbonyl (C=O) groups is 3. The minimum absolute atomic E-state index is 0.0102. The van der Waals surface area contributed by atoms with E-state index in [0.29, 0.717) is 17.2 Å². The average molecular weight is 607 g/mol. The maximum atomic E-state index is 12.8. The molecule has 3 N–H and O–H groups in total. The summed E-state index contributed by atoms with van der Waals surface area (Å²) in [5, 5.41) is 17.0. The van der Waals surface area contributed by atoms with Crippen molar-refractivity contribution in [3.63, 3.8) is 0 Å². The zero-order chi connectivity index (χ0) is 31.1. The highest BCUT2D eigenvalue weighted by Gasteiger charge is 2.38. The number of aromatic carboxylic acids is 1. The standard InChI is InChI=1S/C27H28N2O5S.C2HF3O2/c1-19(30)22-7-10-24(11-8-22)35(33,34)28-23-9-12-26(25(18-23)27(31)32)29-15-13-21(14-16-29)17-20-5-3-2-4-6-20;3-2(4,5)1(6)7/h2-12,18,21,28H,13-17H2,1H3,(H,31,32);(H,6,7). The molecule has 0 spiro atoms. The summed E-state index contributed by atoms with van der Waals surface area (Å²) >= 11 is 0. The number of piperidine rings is 1. The molecule has 3 aromatic carbocycles. The van der Waals surface area contributed by atoms with Crippen molar-refractivity contribution < 1.29 is 46.2 Å². The smallest absolute Gasteiger partial charge is 0.478 e. The summed E-state index contributed by atoms with van der Waals surface area (Å²) in [6.07, 6.45) is -2.16. The second-order valence-corrected chi connectivity index (χ2v) is 11.3. The fourth-order valence-corrected chi connectivity index (χ4v) is 5.50. The third-order valence-corrected chi connectivity index (χ3v) is 8.01. The van der Waals surface area contributed by atoms with Crippen molar-refractivity contribution in [2.45, 2.75) is 37.3 Å². The van der Waals surface area contributed by atoms with E-state index in [1.54, 1.807) is 12.1 Å². The Balaban J connectivity index is 0.000000616. The number of alkyl halides is 3. The third-order valence-electron chi connectivity index (χ3n) is 6.62. The molecule has 0 bridgehead atoms. The van der Waals surface area contributed by atoms with E-state index in [4.69, 9.17) is 9.90 Å². The van der Waals surface area contributed by atoms with Gasteiger partial charge in [0.05, 0.1) is 16.1 Å². The lowest BCUT2D eigenvalue weighted by Gasteiger charge is -2.34. The van der Waals surface area contributed by atoms with Gasteiger partial charge in [-0.05, 0) is 68.0 Å². The first-order valence-electron chi connectivity index (χ1n) is 12.8. The number of aliphatic carboxylic acids is 1. The monoisotopic (exact) mass is 606 g/mol. The maximum Gasteiger partial charge on any atom is 0.490 e. The molecule has 224 valence electrons. The van der Waals surface area contributed by atoms with Gasteiger partial charge in [-0.1, -0.05) is 42.5 Å². The molecule has 0 radical (unpaired) electrons. The van der Waals surface area contributed by atoms with Crippen molar-refractivity contribution in [2.75, 3.05) is 22.7 Å². The van der Waals surface area contributed by atoms with E-state index >= 15 is 0 Å². The van der Waals surface area contributed by atoms with E-state index in [9.17, 15) is 36.3 Å². The average Bonchev–Trinajstić information content (AvgIpc) is 2.94. The molecule has 1 saturated heterocycles. The lowest BCUT2D eigenvalue weighted by molar-refractivity contribution is -0.192. The number of hydrogen-bond acceptors (Lipinski definition) is 6. The van der Waals surface area contributed by atoms with Gasteiger partial charge < -0.3 is 15.1 Å². The van der Waals surface area contributed by atoms with Crippen LogP contribution in [0.4, 0.5) is 24.5 Å². The summed E-state index contributed by atoms with van der Waals surface area (Å²) < 4.78 is 59.8. The highest BCUT2D eigenvalue weighted by molar-refractivity contribution is 7.92. The van der Waals surface area contributed by atoms with Crippen LogP contribution in [0.2, 0.25) is 0 Å². The maximum absolute atomic E-state index is 12.8. The normalized spacial score (nSPS) is 14.0. The van der Waals surface area contributed by atoms with Gasteiger partial charge in [-0.2, -0.15) is 13.2 Å². The highest BCUT2D eigenvalue weighted by atomic mass is 32.2. The van der Waals surface area contributed by atoms with Gasteiger partial charge in [0.1, 0.15) is 0 Å². The Bertz CT molecular complexity index is 1520. The summed E-state index contributed by atoms with van der Waals surface area (Å²) in [7, 11) is -3.94. The number of halogens is 3. The lowest BCUT2D eigenvalue weighted by Crippen LogP contribution is -2.35. The fourth-order valence-electron chi connectivity index (χ4n) is 4.45. The number of ketones is 1. The molecular weight excluding hydrogens is 577 g/mol. The summed E-state index contributed by atoms with van der Waals surface area (Å²) in [6.45, 7) is 2.89. The molecule has 1 fully saturated rings. The Hall–Kier alpha value is -4.39. The van der Waals surface area contributed by atoms with Crippen LogP contribution in [0.5, 0.6) is 0 Å². The summed E-state index contributed by atoms with van der Waals surface area (Å²) in [6, 6.07) is 20.6. The Kier molecular flexibility index (Phi) is 10.3. The van der Waals surface area contributed by atoms with Gasteiger partial charge in [0.15, 0.2) is 5.78 Å². The van der Waals surface area contributed by atoms with Gasteiger partial charge in [0.25, 0.3) is 10.0 Å². The second kappa shape index (κ2) is 13.5. The SMILES string of the molecule is CC(=O)c1ccc(S(=O)(=O)Nc2ccc(N3CCC(Cc4ccccc4)CC3)c(C(=O)O)c2)cc1.O=C(O)C(F)(F)F. The molecule has 42 heavy (non-hydrogen) atoms. The number of Topliss-reactive ketones (excluding diaryl/α,β-unsaturated/α-hetero) is 1. The molecule has 1 heterocycles. The van der Waals surface area contributed by atoms with Crippen LogP contribution in [0.1, 0.15) is 46.0 Å². The zero-order valence-corrected chi connectivity index (χ0v) is 23.3. The molecule has 0 amide bonds. The van der Waals surface area contributed by atoms with Crippen LogP contribution in [0.15, 0.2) is 77.7 Å². The molecular formula is C29H29F3N2O7S. The van der Waals surface area contributed by atoms with Crippen molar-refractivity contribution >= 4 is 39.1 Å². The van der Waals surface area contributed by atoms with Crippen LogP contribution in [-0.4, -0.2) is 55.6 Å². The number of rotatable bonds is 8. The Labute approximate surface area is 240 Å². The van der Waals surface area contributed by atoms with E-state index in [1.165, 1.54) is 42.8 Å². The predicted octanol–water partition coefficient (Wildman–Crippen LogP) is 5.48. The quantitative estimate of drug-likeness (QED) is 0.286. The van der Waals surface area contributed by atoms with Gasteiger partial charge in [-0.3, -0.25) is 9.52 Å². The molecule has 1 aliphatic heterocycles. The number of benzene rings is 3. The van der Waals surface area contributed by atoms with E-state index < -0.39 is 28.1 Å². The summed E-state index contributed by atoms with van der Waals surface area (Å²) in [5.41, 5.74) is 2.53. The highest BCUT2D eigenvalue weighted by Crippen LogP contribution is 2.31. The molecule has 0 atom stereocenters. The summed E-state index contributed by atoms with van der Waals surface area (Å²) in [4.78, 5) is 34.4. The molecule has 0 aromatic heterocycles. The molecule has 1 aliphatic rings.